The average Bonchev–Trinajstić information content (AvgIpc) is 3.56. The Balaban J connectivity index is 1.46. The van der Waals surface area contributed by atoms with E-state index in [0.29, 0.717) is 18.7 Å². The molecular formula is C38H50N6O8. The summed E-state index contributed by atoms with van der Waals surface area (Å²) in [4.78, 5) is 85.5. The molecule has 0 spiro atoms. The number of carbonyl (C=O) groups is 6. The zero-order valence-electron chi connectivity index (χ0n) is 30.2. The molecule has 0 aromatic heterocycles. The maximum absolute atomic E-state index is 14.1. The van der Waals surface area contributed by atoms with Gasteiger partial charge in [0.25, 0.3) is 5.91 Å². The van der Waals surface area contributed by atoms with Crippen LogP contribution in [-0.2, 0) is 35.1 Å². The SMILES string of the molecule is CC(C)C[C@H]1NC(=O)CN(C(=O)c2ccc(N3CCCC3=O)cc2)C[C@H]2OCC[C@H](NC(=O)[C@H](Cc3ccccc3)NC(=O)[C@H](C)N(C)C1=O)[C@@H]2O. The van der Waals surface area contributed by atoms with E-state index >= 15 is 0 Å². The van der Waals surface area contributed by atoms with Crippen molar-refractivity contribution in [2.75, 3.05) is 38.2 Å². The van der Waals surface area contributed by atoms with Crippen LogP contribution in [0.1, 0.15) is 62.4 Å². The molecule has 0 radical (unpaired) electrons. The van der Waals surface area contributed by atoms with Gasteiger partial charge in [-0.3, -0.25) is 28.8 Å². The van der Waals surface area contributed by atoms with E-state index in [2.05, 4.69) is 16.0 Å². The van der Waals surface area contributed by atoms with E-state index in [9.17, 15) is 33.9 Å². The van der Waals surface area contributed by atoms with Gasteiger partial charge in [0.2, 0.25) is 29.5 Å². The Morgan fingerprint density at radius 2 is 1.65 bits per heavy atom. The maximum atomic E-state index is 14.1. The Labute approximate surface area is 304 Å². The second kappa shape index (κ2) is 17.1. The van der Waals surface area contributed by atoms with E-state index in [4.69, 9.17) is 4.74 Å². The van der Waals surface area contributed by atoms with Gasteiger partial charge in [-0.25, -0.2) is 0 Å². The third kappa shape index (κ3) is 9.34. The standard InChI is InChI=1S/C38H50N6O8/c1-23(2)19-30-38(51)42(4)24(3)35(48)41-29(20-25-9-6-5-7-10-25)36(49)40-28-16-18-52-31(34(28)47)21-43(22-32(45)39-30)37(50)26-12-14-27(15-13-26)44-17-8-11-33(44)46/h5-7,9-10,12-15,23-24,28-31,34,47H,8,11,16-22H2,1-4H3,(H,39,45)(H,40,49)(H,41,48)/t24-,28-,29-,30+,31+,34-/m0/s1. The number of nitrogens with one attached hydrogen (secondary N) is 3. The molecule has 14 nitrogen and oxygen atoms in total. The van der Waals surface area contributed by atoms with Gasteiger partial charge in [0.05, 0.1) is 19.1 Å². The summed E-state index contributed by atoms with van der Waals surface area (Å²) in [7, 11) is 1.47. The number of hydrogen-bond donors (Lipinski definition) is 4. The number of amides is 6. The summed E-state index contributed by atoms with van der Waals surface area (Å²) >= 11 is 0. The quantitative estimate of drug-likeness (QED) is 0.342. The molecular weight excluding hydrogens is 668 g/mol. The van der Waals surface area contributed by atoms with Gasteiger partial charge in [-0.1, -0.05) is 44.2 Å². The number of ether oxygens (including phenoxy) is 1. The summed E-state index contributed by atoms with van der Waals surface area (Å²) in [5.41, 5.74) is 1.71. The van der Waals surface area contributed by atoms with Gasteiger partial charge in [-0.15, -0.1) is 0 Å². The van der Waals surface area contributed by atoms with Gasteiger partial charge in [-0.2, -0.15) is 0 Å². The third-order valence-electron chi connectivity index (χ3n) is 9.97. The summed E-state index contributed by atoms with van der Waals surface area (Å²) in [5, 5.41) is 20.0. The van der Waals surface area contributed by atoms with Crippen LogP contribution in [0.15, 0.2) is 54.6 Å². The first-order chi connectivity index (χ1) is 24.8. The molecule has 4 N–H and O–H groups in total. The predicted octanol–water partition coefficient (Wildman–Crippen LogP) is 1.01. The monoisotopic (exact) mass is 718 g/mol. The van der Waals surface area contributed by atoms with Crippen LogP contribution < -0.4 is 20.9 Å². The first kappa shape index (κ1) is 38.4. The van der Waals surface area contributed by atoms with Crippen LogP contribution in [0.3, 0.4) is 0 Å². The smallest absolute Gasteiger partial charge is 0.254 e. The fourth-order valence-electron chi connectivity index (χ4n) is 6.87. The molecule has 3 aliphatic rings. The number of benzene rings is 2. The number of anilines is 1. The summed E-state index contributed by atoms with van der Waals surface area (Å²) in [6.45, 7) is 5.43. The molecule has 2 aromatic carbocycles. The fourth-order valence-corrected chi connectivity index (χ4v) is 6.87. The summed E-state index contributed by atoms with van der Waals surface area (Å²) in [6.07, 6.45) is -0.333. The lowest BCUT2D eigenvalue weighted by Crippen LogP contribution is -2.60. The van der Waals surface area contributed by atoms with Gasteiger partial charge in [0.1, 0.15) is 30.3 Å². The van der Waals surface area contributed by atoms with Crippen molar-refractivity contribution in [3.63, 3.8) is 0 Å². The number of rotatable bonds is 6. The molecule has 6 amide bonds. The lowest BCUT2D eigenvalue weighted by atomic mass is 9.97. The van der Waals surface area contributed by atoms with Crippen LogP contribution in [0.25, 0.3) is 0 Å². The third-order valence-corrected chi connectivity index (χ3v) is 9.97. The highest BCUT2D eigenvalue weighted by Gasteiger charge is 2.39. The maximum Gasteiger partial charge on any atom is 0.254 e. The van der Waals surface area contributed by atoms with Gasteiger partial charge >= 0.3 is 0 Å². The molecule has 0 saturated carbocycles. The first-order valence-corrected chi connectivity index (χ1v) is 18.0. The van der Waals surface area contributed by atoms with Gasteiger partial charge < -0.3 is 40.5 Å². The summed E-state index contributed by atoms with van der Waals surface area (Å²) in [5.74, 6) is -2.72. The van der Waals surface area contributed by atoms with Crippen molar-refractivity contribution in [2.24, 2.45) is 5.92 Å². The van der Waals surface area contributed by atoms with Crippen LogP contribution in [-0.4, -0.2) is 120 Å². The molecule has 5 rings (SSSR count). The molecule has 0 aliphatic carbocycles. The lowest BCUT2D eigenvalue weighted by Gasteiger charge is -2.38. The van der Waals surface area contributed by atoms with Crippen LogP contribution in [0.2, 0.25) is 0 Å². The Kier molecular flexibility index (Phi) is 12.7. The normalized spacial score (nSPS) is 26.9. The number of fused-ring (bicyclic) bond motifs is 2. The molecule has 0 unspecified atom stereocenters. The van der Waals surface area contributed by atoms with E-state index in [1.165, 1.54) is 16.8 Å². The van der Waals surface area contributed by atoms with Crippen molar-refractivity contribution in [2.45, 2.75) is 89.3 Å². The van der Waals surface area contributed by atoms with E-state index < -0.39 is 72.5 Å². The Morgan fingerprint density at radius 1 is 0.942 bits per heavy atom. The van der Waals surface area contributed by atoms with E-state index in [1.807, 2.05) is 44.2 Å². The predicted molar refractivity (Wildman–Crippen MR) is 192 cm³/mol. The van der Waals surface area contributed by atoms with Crippen molar-refractivity contribution < 1.29 is 38.6 Å². The first-order valence-electron chi connectivity index (χ1n) is 18.0. The fraction of sp³-hybridized carbons (Fsp3) is 0.526. The topological polar surface area (TPSA) is 178 Å². The number of aliphatic hydroxyl groups is 1. The molecule has 2 bridgehead atoms. The summed E-state index contributed by atoms with van der Waals surface area (Å²) < 4.78 is 5.93. The highest BCUT2D eigenvalue weighted by molar-refractivity contribution is 5.99. The van der Waals surface area contributed by atoms with Gasteiger partial charge in [0.15, 0.2) is 0 Å². The highest BCUT2D eigenvalue weighted by Crippen LogP contribution is 2.23. The number of likely N-dealkylation sites (N-methyl/N-ethyl adjacent to an activating group) is 1. The largest absolute Gasteiger partial charge is 0.388 e. The molecule has 3 aliphatic heterocycles. The molecule has 3 heterocycles. The minimum Gasteiger partial charge on any atom is -0.388 e. The Bertz CT molecular complexity index is 1620. The van der Waals surface area contributed by atoms with Crippen molar-refractivity contribution in [1.82, 2.24) is 25.8 Å². The number of carbonyl (C=O) groups excluding carboxylic acids is 6. The van der Waals surface area contributed by atoms with Crippen molar-refractivity contribution in [1.29, 1.82) is 0 Å². The molecule has 6 atom stereocenters. The van der Waals surface area contributed by atoms with Gasteiger partial charge in [-0.05, 0) is 61.9 Å². The molecule has 3 saturated heterocycles. The zero-order chi connectivity index (χ0) is 37.5. The summed E-state index contributed by atoms with van der Waals surface area (Å²) in [6, 6.07) is 11.9. The van der Waals surface area contributed by atoms with Crippen molar-refractivity contribution in [3.05, 3.63) is 65.7 Å². The average molecular weight is 719 g/mol. The van der Waals surface area contributed by atoms with Crippen molar-refractivity contribution >= 4 is 41.1 Å². The van der Waals surface area contributed by atoms with Crippen molar-refractivity contribution in [3.8, 4) is 0 Å². The van der Waals surface area contributed by atoms with Crippen LogP contribution in [0.4, 0.5) is 5.69 Å². The molecule has 3 fully saturated rings. The molecule has 52 heavy (non-hydrogen) atoms. The zero-order valence-corrected chi connectivity index (χ0v) is 30.2. The molecule has 2 aromatic rings. The highest BCUT2D eigenvalue weighted by atomic mass is 16.5. The second-order valence-electron chi connectivity index (χ2n) is 14.3. The van der Waals surface area contributed by atoms with Gasteiger partial charge in [0, 0.05) is 44.3 Å². The Hall–Kier alpha value is -4.82. The molecule has 14 heteroatoms. The number of nitrogens with zero attached hydrogens (tertiary/aromatic N) is 3. The van der Waals surface area contributed by atoms with E-state index in [1.54, 1.807) is 36.1 Å². The minimum absolute atomic E-state index is 0.00916. The van der Waals surface area contributed by atoms with Crippen LogP contribution in [0.5, 0.6) is 0 Å². The Morgan fingerprint density at radius 3 is 2.31 bits per heavy atom. The van der Waals surface area contributed by atoms with E-state index in [-0.39, 0.29) is 49.8 Å². The number of aliphatic hydroxyl groups excluding tert-OH is 1. The molecule has 280 valence electrons. The number of hydrogen-bond acceptors (Lipinski definition) is 8. The lowest BCUT2D eigenvalue weighted by molar-refractivity contribution is -0.142. The van der Waals surface area contributed by atoms with E-state index in [0.717, 1.165) is 12.0 Å². The van der Waals surface area contributed by atoms with Crippen LogP contribution >= 0.6 is 0 Å². The minimum atomic E-state index is -1.26. The second-order valence-corrected chi connectivity index (χ2v) is 14.3. The van der Waals surface area contributed by atoms with Crippen LogP contribution in [0, 0.1) is 5.92 Å².